The average Bonchev–Trinajstić information content (AvgIpc) is 3.08. The molecule has 0 radical (unpaired) electrons. The Hall–Kier alpha value is -4.10. The van der Waals surface area contributed by atoms with Gasteiger partial charge in [0.2, 0.25) is 11.8 Å². The summed E-state index contributed by atoms with van der Waals surface area (Å²) in [4.78, 5) is 40.3. The number of ether oxygens (including phenoxy) is 1. The highest BCUT2D eigenvalue weighted by molar-refractivity contribution is 6.30. The first-order valence-electron chi connectivity index (χ1n) is 14.9. The maximum absolute atomic E-state index is 14.1. The molecule has 3 aromatic carbocycles. The molecule has 7 nitrogen and oxygen atoms in total. The van der Waals surface area contributed by atoms with Crippen molar-refractivity contribution < 1.29 is 45.5 Å². The van der Waals surface area contributed by atoms with E-state index in [0.717, 1.165) is 5.56 Å². The van der Waals surface area contributed by atoms with Gasteiger partial charge in [-0.3, -0.25) is 14.4 Å². The minimum atomic E-state index is -5.05. The highest BCUT2D eigenvalue weighted by Crippen LogP contribution is 2.41. The standard InChI is InChI=1S/C34H34ClF6N3O4/c1-19(45)42-16-20-6-5-7-22(10-20)30-26-14-25(35)8-9-27(26)44(18-32(2,3)4)31(47)28(48-30)15-29(46)43-17-21-11-23(33(36,37)38)13-24(12-21)34(39,40)41/h5-14,28,30H,15-18H2,1-4H3,(H,42,45)(H,43,46). The molecular formula is C34H34ClF6N3O4. The molecule has 0 saturated carbocycles. The Morgan fingerprint density at radius 2 is 1.48 bits per heavy atom. The Morgan fingerprint density at radius 3 is 2.06 bits per heavy atom. The van der Waals surface area contributed by atoms with Crippen molar-refractivity contribution in [2.24, 2.45) is 5.41 Å². The molecule has 14 heteroatoms. The number of amides is 3. The maximum atomic E-state index is 14.1. The molecule has 1 aliphatic heterocycles. The predicted octanol–water partition coefficient (Wildman–Crippen LogP) is 7.59. The lowest BCUT2D eigenvalue weighted by Crippen LogP contribution is -2.45. The van der Waals surface area contributed by atoms with Crippen LogP contribution in [0.1, 0.15) is 73.6 Å². The summed E-state index contributed by atoms with van der Waals surface area (Å²) in [5, 5.41) is 5.42. The van der Waals surface area contributed by atoms with Crippen LogP contribution in [0.3, 0.4) is 0 Å². The van der Waals surface area contributed by atoms with Crippen molar-refractivity contribution in [3.8, 4) is 0 Å². The molecule has 258 valence electrons. The van der Waals surface area contributed by atoms with Crippen LogP contribution in [0, 0.1) is 5.41 Å². The number of fused-ring (bicyclic) bond motifs is 1. The van der Waals surface area contributed by atoms with Crippen LogP contribution in [0.25, 0.3) is 0 Å². The Labute approximate surface area is 278 Å². The van der Waals surface area contributed by atoms with E-state index in [-0.39, 0.29) is 25.1 Å². The smallest absolute Gasteiger partial charge is 0.355 e. The molecule has 0 aliphatic carbocycles. The first kappa shape index (κ1) is 36.7. The molecule has 0 spiro atoms. The van der Waals surface area contributed by atoms with Crippen molar-refractivity contribution in [1.82, 2.24) is 10.6 Å². The zero-order valence-corrected chi connectivity index (χ0v) is 27.2. The molecule has 1 heterocycles. The van der Waals surface area contributed by atoms with Gasteiger partial charge in [0.1, 0.15) is 12.2 Å². The summed E-state index contributed by atoms with van der Waals surface area (Å²) in [6, 6.07) is 13.1. The Kier molecular flexibility index (Phi) is 10.8. The second kappa shape index (κ2) is 14.2. The summed E-state index contributed by atoms with van der Waals surface area (Å²) in [5.41, 5.74) is -1.54. The normalized spacial score (nSPS) is 17.1. The molecule has 1 aliphatic rings. The summed E-state index contributed by atoms with van der Waals surface area (Å²) >= 11 is 6.40. The fourth-order valence-electron chi connectivity index (χ4n) is 5.26. The summed E-state index contributed by atoms with van der Waals surface area (Å²) in [7, 11) is 0. The molecule has 0 aromatic heterocycles. The van der Waals surface area contributed by atoms with Gasteiger partial charge >= 0.3 is 12.4 Å². The molecule has 2 N–H and O–H groups in total. The van der Waals surface area contributed by atoms with Gasteiger partial charge < -0.3 is 20.3 Å². The van der Waals surface area contributed by atoms with E-state index in [1.165, 1.54) is 11.8 Å². The number of carbonyl (C=O) groups excluding carboxylic acids is 3. The van der Waals surface area contributed by atoms with E-state index in [4.69, 9.17) is 16.3 Å². The van der Waals surface area contributed by atoms with Gasteiger partial charge in [0.25, 0.3) is 5.91 Å². The van der Waals surface area contributed by atoms with Crippen LogP contribution >= 0.6 is 11.6 Å². The van der Waals surface area contributed by atoms with Gasteiger partial charge in [-0.05, 0) is 58.5 Å². The van der Waals surface area contributed by atoms with Crippen molar-refractivity contribution in [3.05, 3.63) is 99.1 Å². The first-order valence-corrected chi connectivity index (χ1v) is 15.2. The average molecular weight is 698 g/mol. The van der Waals surface area contributed by atoms with Gasteiger partial charge in [-0.2, -0.15) is 26.3 Å². The lowest BCUT2D eigenvalue weighted by molar-refractivity contribution is -0.143. The molecule has 3 amide bonds. The number of carbonyl (C=O) groups is 3. The molecule has 2 atom stereocenters. The monoisotopic (exact) mass is 697 g/mol. The van der Waals surface area contributed by atoms with E-state index >= 15 is 0 Å². The minimum Gasteiger partial charge on any atom is -0.355 e. The second-order valence-electron chi connectivity index (χ2n) is 12.7. The zero-order valence-electron chi connectivity index (χ0n) is 26.5. The number of hydrogen-bond acceptors (Lipinski definition) is 4. The number of halogens is 7. The molecule has 0 fully saturated rings. The van der Waals surface area contributed by atoms with E-state index in [2.05, 4.69) is 10.6 Å². The number of nitrogens with zero attached hydrogens (tertiary/aromatic N) is 1. The number of alkyl halides is 6. The minimum absolute atomic E-state index is 0.00238. The van der Waals surface area contributed by atoms with Crippen molar-refractivity contribution >= 4 is 35.0 Å². The van der Waals surface area contributed by atoms with E-state index < -0.39 is 71.4 Å². The van der Waals surface area contributed by atoms with Crippen LogP contribution in [-0.4, -0.2) is 30.4 Å². The number of hydrogen-bond donors (Lipinski definition) is 2. The third-order valence-corrected chi connectivity index (χ3v) is 7.58. The van der Waals surface area contributed by atoms with Gasteiger partial charge in [0, 0.05) is 42.8 Å². The fourth-order valence-corrected chi connectivity index (χ4v) is 5.44. The van der Waals surface area contributed by atoms with E-state index in [0.29, 0.717) is 34.0 Å². The van der Waals surface area contributed by atoms with Crippen molar-refractivity contribution in [1.29, 1.82) is 0 Å². The van der Waals surface area contributed by atoms with Crippen LogP contribution < -0.4 is 15.5 Å². The third kappa shape index (κ3) is 9.50. The van der Waals surface area contributed by atoms with Crippen LogP contribution in [0.15, 0.2) is 60.7 Å². The second-order valence-corrected chi connectivity index (χ2v) is 13.2. The molecule has 0 bridgehead atoms. The molecule has 2 unspecified atom stereocenters. The number of rotatable bonds is 8. The van der Waals surface area contributed by atoms with Crippen LogP contribution in [-0.2, 0) is 44.6 Å². The van der Waals surface area contributed by atoms with Gasteiger partial charge in [-0.15, -0.1) is 0 Å². The van der Waals surface area contributed by atoms with E-state index in [1.807, 2.05) is 20.8 Å². The predicted molar refractivity (Wildman–Crippen MR) is 167 cm³/mol. The van der Waals surface area contributed by atoms with Crippen molar-refractivity contribution in [2.45, 2.75) is 71.8 Å². The summed E-state index contributed by atoms with van der Waals surface area (Å²) < 4.78 is 86.5. The van der Waals surface area contributed by atoms with Gasteiger partial charge in [0.15, 0.2) is 0 Å². The van der Waals surface area contributed by atoms with Gasteiger partial charge in [-0.25, -0.2) is 0 Å². The van der Waals surface area contributed by atoms with Crippen molar-refractivity contribution in [3.63, 3.8) is 0 Å². The highest BCUT2D eigenvalue weighted by Gasteiger charge is 2.40. The van der Waals surface area contributed by atoms with E-state index in [9.17, 15) is 40.7 Å². The Bertz CT molecular complexity index is 1650. The Morgan fingerprint density at radius 1 is 0.854 bits per heavy atom. The number of nitrogens with one attached hydrogen (secondary N) is 2. The van der Waals surface area contributed by atoms with Crippen LogP contribution in [0.5, 0.6) is 0 Å². The fraction of sp³-hybridized carbons (Fsp3) is 0.382. The quantitative estimate of drug-likeness (QED) is 0.238. The summed E-state index contributed by atoms with van der Waals surface area (Å²) in [6.45, 7) is 6.88. The molecule has 48 heavy (non-hydrogen) atoms. The summed E-state index contributed by atoms with van der Waals surface area (Å²) in [5.74, 6) is -1.64. The lowest BCUT2D eigenvalue weighted by Gasteiger charge is -2.31. The lowest BCUT2D eigenvalue weighted by atomic mass is 9.94. The van der Waals surface area contributed by atoms with Gasteiger partial charge in [-0.1, -0.05) is 56.6 Å². The molecular weight excluding hydrogens is 664 g/mol. The van der Waals surface area contributed by atoms with Gasteiger partial charge in [0.05, 0.1) is 17.5 Å². The molecule has 0 saturated heterocycles. The number of anilines is 1. The van der Waals surface area contributed by atoms with Crippen LogP contribution in [0.2, 0.25) is 5.02 Å². The highest BCUT2D eigenvalue weighted by atomic mass is 35.5. The molecule has 3 aromatic rings. The van der Waals surface area contributed by atoms with Crippen LogP contribution in [0.4, 0.5) is 32.0 Å². The number of benzene rings is 3. The SMILES string of the molecule is CC(=O)NCc1cccc(C2OC(CC(=O)NCc3cc(C(F)(F)F)cc(C(F)(F)F)c3)C(=O)N(CC(C)(C)C)c3ccc(Cl)cc32)c1. The zero-order chi connectivity index (χ0) is 35.6. The third-order valence-electron chi connectivity index (χ3n) is 7.34. The Balaban J connectivity index is 1.68. The maximum Gasteiger partial charge on any atom is 0.416 e. The summed E-state index contributed by atoms with van der Waals surface area (Å²) in [6.07, 6.45) is -13.0. The van der Waals surface area contributed by atoms with E-state index in [1.54, 1.807) is 42.5 Å². The largest absolute Gasteiger partial charge is 0.416 e. The first-order chi connectivity index (χ1) is 22.2. The van der Waals surface area contributed by atoms with Crippen molar-refractivity contribution in [2.75, 3.05) is 11.4 Å². The topological polar surface area (TPSA) is 87.7 Å². The molecule has 4 rings (SSSR count).